The van der Waals surface area contributed by atoms with Gasteiger partial charge in [0.1, 0.15) is 5.76 Å². The van der Waals surface area contributed by atoms with E-state index in [4.69, 9.17) is 4.42 Å². The summed E-state index contributed by atoms with van der Waals surface area (Å²) in [4.78, 5) is 2.18. The molecule has 0 radical (unpaired) electrons. The molecule has 2 rings (SSSR count). The summed E-state index contributed by atoms with van der Waals surface area (Å²) in [5.41, 5.74) is 0. The summed E-state index contributed by atoms with van der Waals surface area (Å²) in [5, 5.41) is 9.72. The third kappa shape index (κ3) is 1.99. The Balaban J connectivity index is 1.92. The molecule has 3 heteroatoms. The Kier molecular flexibility index (Phi) is 2.89. The van der Waals surface area contributed by atoms with Gasteiger partial charge in [0.05, 0.1) is 18.9 Å². The van der Waals surface area contributed by atoms with Crippen molar-refractivity contribution in [3.8, 4) is 0 Å². The number of aliphatic hydroxyl groups excluding tert-OH is 1. The molecule has 0 spiro atoms. The Labute approximate surface area is 84.3 Å². The van der Waals surface area contributed by atoms with Gasteiger partial charge in [-0.15, -0.1) is 0 Å². The summed E-state index contributed by atoms with van der Waals surface area (Å²) >= 11 is 0. The van der Waals surface area contributed by atoms with Crippen LogP contribution in [-0.2, 0) is 6.54 Å². The third-order valence-electron chi connectivity index (χ3n) is 3.00. The highest BCUT2D eigenvalue weighted by Gasteiger charge is 2.28. The first-order chi connectivity index (χ1) is 6.77. The lowest BCUT2D eigenvalue weighted by Crippen LogP contribution is -2.36. The standard InChI is InChI=1S/C11H17NO2/c1-12(8-9-4-3-7-14-9)10-5-2-6-11(10)13/h3-4,7,10-11,13H,2,5-6,8H2,1H3/t10-,11-/m0/s1. The van der Waals surface area contributed by atoms with Crippen molar-refractivity contribution in [1.82, 2.24) is 4.90 Å². The molecule has 1 heterocycles. The Hall–Kier alpha value is -0.800. The van der Waals surface area contributed by atoms with Crippen LogP contribution in [0.4, 0.5) is 0 Å². The molecule has 1 aromatic rings. The molecule has 0 unspecified atom stereocenters. The predicted molar refractivity (Wildman–Crippen MR) is 53.8 cm³/mol. The summed E-state index contributed by atoms with van der Waals surface area (Å²) in [6.07, 6.45) is 4.70. The molecule has 1 aliphatic carbocycles. The van der Waals surface area contributed by atoms with Gasteiger partial charge in [-0.2, -0.15) is 0 Å². The van der Waals surface area contributed by atoms with Gasteiger partial charge in [0.15, 0.2) is 0 Å². The minimum Gasteiger partial charge on any atom is -0.468 e. The molecule has 0 aromatic carbocycles. The third-order valence-corrected chi connectivity index (χ3v) is 3.00. The second-order valence-electron chi connectivity index (χ2n) is 4.06. The normalized spacial score (nSPS) is 27.4. The van der Waals surface area contributed by atoms with E-state index < -0.39 is 0 Å². The van der Waals surface area contributed by atoms with Crippen LogP contribution in [0.5, 0.6) is 0 Å². The van der Waals surface area contributed by atoms with Crippen LogP contribution in [0, 0.1) is 0 Å². The van der Waals surface area contributed by atoms with Crippen LogP contribution in [-0.4, -0.2) is 29.2 Å². The second kappa shape index (κ2) is 4.15. The van der Waals surface area contributed by atoms with Crippen molar-refractivity contribution >= 4 is 0 Å². The van der Waals surface area contributed by atoms with E-state index in [1.165, 1.54) is 0 Å². The quantitative estimate of drug-likeness (QED) is 0.796. The van der Waals surface area contributed by atoms with Gasteiger partial charge in [0.25, 0.3) is 0 Å². The van der Waals surface area contributed by atoms with Crippen molar-refractivity contribution < 1.29 is 9.52 Å². The molecule has 0 amide bonds. The molecule has 1 aromatic heterocycles. The zero-order valence-corrected chi connectivity index (χ0v) is 8.52. The van der Waals surface area contributed by atoms with Crippen LogP contribution < -0.4 is 0 Å². The molecule has 3 nitrogen and oxygen atoms in total. The molecular weight excluding hydrogens is 178 g/mol. The van der Waals surface area contributed by atoms with Crippen LogP contribution in [0.25, 0.3) is 0 Å². The maximum Gasteiger partial charge on any atom is 0.117 e. The van der Waals surface area contributed by atoms with E-state index in [-0.39, 0.29) is 6.10 Å². The maximum absolute atomic E-state index is 9.72. The van der Waals surface area contributed by atoms with Crippen molar-refractivity contribution in [2.45, 2.75) is 38.0 Å². The largest absolute Gasteiger partial charge is 0.468 e. The molecule has 0 bridgehead atoms. The lowest BCUT2D eigenvalue weighted by atomic mass is 10.2. The molecule has 0 saturated heterocycles. The summed E-state index contributed by atoms with van der Waals surface area (Å²) < 4.78 is 5.28. The number of aliphatic hydroxyl groups is 1. The lowest BCUT2D eigenvalue weighted by molar-refractivity contribution is 0.0788. The topological polar surface area (TPSA) is 36.6 Å². The molecule has 14 heavy (non-hydrogen) atoms. The first-order valence-corrected chi connectivity index (χ1v) is 5.18. The van der Waals surface area contributed by atoms with Gasteiger partial charge in [-0.1, -0.05) is 0 Å². The summed E-state index contributed by atoms with van der Waals surface area (Å²) in [6, 6.07) is 4.17. The smallest absolute Gasteiger partial charge is 0.117 e. The van der Waals surface area contributed by atoms with Crippen LogP contribution in [0.2, 0.25) is 0 Å². The number of rotatable bonds is 3. The molecule has 0 aliphatic heterocycles. The van der Waals surface area contributed by atoms with Gasteiger partial charge < -0.3 is 9.52 Å². The van der Waals surface area contributed by atoms with Gasteiger partial charge in [0.2, 0.25) is 0 Å². The first-order valence-electron chi connectivity index (χ1n) is 5.18. The highest BCUT2D eigenvalue weighted by Crippen LogP contribution is 2.24. The molecule has 1 aliphatic rings. The Bertz CT molecular complexity index is 271. The van der Waals surface area contributed by atoms with E-state index in [9.17, 15) is 5.11 Å². The lowest BCUT2D eigenvalue weighted by Gasteiger charge is -2.25. The number of nitrogens with zero attached hydrogens (tertiary/aromatic N) is 1. The van der Waals surface area contributed by atoms with Crippen molar-refractivity contribution in [2.24, 2.45) is 0 Å². The minimum absolute atomic E-state index is 0.157. The van der Waals surface area contributed by atoms with E-state index in [0.717, 1.165) is 31.6 Å². The summed E-state index contributed by atoms with van der Waals surface area (Å²) in [5.74, 6) is 0.964. The SMILES string of the molecule is CN(Cc1ccco1)[C@H]1CCC[C@@H]1O. The van der Waals surface area contributed by atoms with Crippen molar-refractivity contribution in [1.29, 1.82) is 0 Å². The van der Waals surface area contributed by atoms with E-state index in [1.807, 2.05) is 19.2 Å². The Morgan fingerprint density at radius 1 is 1.57 bits per heavy atom. The number of hydrogen-bond donors (Lipinski definition) is 1. The zero-order chi connectivity index (χ0) is 9.97. The van der Waals surface area contributed by atoms with E-state index in [1.54, 1.807) is 6.26 Å². The van der Waals surface area contributed by atoms with Crippen LogP contribution in [0.1, 0.15) is 25.0 Å². The monoisotopic (exact) mass is 195 g/mol. The summed E-state index contributed by atoms with van der Waals surface area (Å²) in [6.45, 7) is 0.786. The minimum atomic E-state index is -0.157. The zero-order valence-electron chi connectivity index (χ0n) is 8.52. The van der Waals surface area contributed by atoms with Gasteiger partial charge in [-0.25, -0.2) is 0 Å². The van der Waals surface area contributed by atoms with Gasteiger partial charge in [-0.05, 0) is 38.4 Å². The summed E-state index contributed by atoms with van der Waals surface area (Å²) in [7, 11) is 2.04. The highest BCUT2D eigenvalue weighted by atomic mass is 16.3. The van der Waals surface area contributed by atoms with Crippen LogP contribution >= 0.6 is 0 Å². The van der Waals surface area contributed by atoms with Crippen molar-refractivity contribution in [2.75, 3.05) is 7.05 Å². The average molecular weight is 195 g/mol. The fourth-order valence-corrected chi connectivity index (χ4v) is 2.20. The van der Waals surface area contributed by atoms with Crippen molar-refractivity contribution in [3.05, 3.63) is 24.2 Å². The number of likely N-dealkylation sites (N-methyl/N-ethyl adjacent to an activating group) is 1. The molecule has 2 atom stereocenters. The molecule has 1 saturated carbocycles. The molecule has 1 fully saturated rings. The predicted octanol–water partition coefficient (Wildman–Crippen LogP) is 1.62. The van der Waals surface area contributed by atoms with Crippen LogP contribution in [0.3, 0.4) is 0 Å². The van der Waals surface area contributed by atoms with E-state index >= 15 is 0 Å². The van der Waals surface area contributed by atoms with E-state index in [0.29, 0.717) is 6.04 Å². The molecular formula is C11H17NO2. The fourth-order valence-electron chi connectivity index (χ4n) is 2.20. The first kappa shape index (κ1) is 9.74. The van der Waals surface area contributed by atoms with Crippen molar-refractivity contribution in [3.63, 3.8) is 0 Å². The number of hydrogen-bond acceptors (Lipinski definition) is 3. The average Bonchev–Trinajstić information content (AvgIpc) is 2.75. The highest BCUT2D eigenvalue weighted by molar-refractivity contribution is 4.98. The molecule has 1 N–H and O–H groups in total. The van der Waals surface area contributed by atoms with Crippen LogP contribution in [0.15, 0.2) is 22.8 Å². The van der Waals surface area contributed by atoms with Gasteiger partial charge in [0, 0.05) is 6.04 Å². The molecule has 78 valence electrons. The van der Waals surface area contributed by atoms with Gasteiger partial charge >= 0.3 is 0 Å². The second-order valence-corrected chi connectivity index (χ2v) is 4.06. The fraction of sp³-hybridized carbons (Fsp3) is 0.636. The van der Waals surface area contributed by atoms with E-state index in [2.05, 4.69) is 4.90 Å². The Morgan fingerprint density at radius 2 is 2.43 bits per heavy atom. The number of furan rings is 1. The van der Waals surface area contributed by atoms with Gasteiger partial charge in [-0.3, -0.25) is 4.90 Å². The maximum atomic E-state index is 9.72. The Morgan fingerprint density at radius 3 is 3.00 bits per heavy atom.